The highest BCUT2D eigenvalue weighted by atomic mass is 32.1. The first-order valence-corrected chi connectivity index (χ1v) is 10.2. The van der Waals surface area contributed by atoms with Gasteiger partial charge >= 0.3 is 0 Å². The second kappa shape index (κ2) is 6.32. The molecule has 2 aliphatic heterocycles. The van der Waals surface area contributed by atoms with Gasteiger partial charge in [-0.1, -0.05) is 6.07 Å². The summed E-state index contributed by atoms with van der Waals surface area (Å²) in [4.78, 5) is 17.2. The minimum absolute atomic E-state index is 0.356. The predicted molar refractivity (Wildman–Crippen MR) is 98.3 cm³/mol. The molecule has 5 nitrogen and oxygen atoms in total. The molecule has 3 heterocycles. The number of amides is 1. The number of rotatable bonds is 3. The fraction of sp³-hybridized carbons (Fsp3) is 0.632. The fourth-order valence-electron chi connectivity index (χ4n) is 4.65. The van der Waals surface area contributed by atoms with Gasteiger partial charge in [0.1, 0.15) is 11.0 Å². The van der Waals surface area contributed by atoms with Gasteiger partial charge in [0.25, 0.3) is 0 Å². The van der Waals surface area contributed by atoms with Gasteiger partial charge in [0.05, 0.1) is 11.7 Å². The highest BCUT2D eigenvalue weighted by Crippen LogP contribution is 2.36. The Bertz CT molecular complexity index is 787. The minimum atomic E-state index is 0.356. The van der Waals surface area contributed by atoms with Crippen LogP contribution >= 0.6 is 11.7 Å². The lowest BCUT2D eigenvalue weighted by molar-refractivity contribution is -0.136. The van der Waals surface area contributed by atoms with Crippen LogP contribution in [0.25, 0.3) is 11.0 Å². The third kappa shape index (κ3) is 3.06. The average Bonchev–Trinajstić information content (AvgIpc) is 3.39. The summed E-state index contributed by atoms with van der Waals surface area (Å²) in [7, 11) is 0. The van der Waals surface area contributed by atoms with Gasteiger partial charge in [-0.05, 0) is 62.3 Å². The highest BCUT2D eigenvalue weighted by molar-refractivity contribution is 7.00. The van der Waals surface area contributed by atoms with E-state index in [1.165, 1.54) is 36.7 Å². The Hall–Kier alpha value is -1.53. The van der Waals surface area contributed by atoms with Gasteiger partial charge in [0.2, 0.25) is 5.91 Å². The SMILES string of the molecule is O=C(C1CC1)N1CC[C@H]2[C@H](CCCN2Cc2ccc3nsnc3c2)C1. The second-order valence-corrected chi connectivity index (χ2v) is 8.40. The number of carbonyl (C=O) groups is 1. The number of piperidine rings is 2. The molecule has 2 saturated heterocycles. The molecule has 1 saturated carbocycles. The van der Waals surface area contributed by atoms with Gasteiger partial charge in [-0.15, -0.1) is 0 Å². The van der Waals surface area contributed by atoms with Crippen LogP contribution in [0.1, 0.15) is 37.7 Å². The van der Waals surface area contributed by atoms with E-state index in [1.807, 2.05) is 0 Å². The number of hydrogen-bond donors (Lipinski definition) is 0. The molecule has 0 N–H and O–H groups in total. The van der Waals surface area contributed by atoms with Crippen molar-refractivity contribution in [1.29, 1.82) is 0 Å². The Labute approximate surface area is 152 Å². The number of likely N-dealkylation sites (tertiary alicyclic amines) is 2. The van der Waals surface area contributed by atoms with E-state index in [0.29, 0.717) is 23.8 Å². The van der Waals surface area contributed by atoms with Crippen LogP contribution in [0.4, 0.5) is 0 Å². The maximum atomic E-state index is 12.4. The molecule has 0 spiro atoms. The molecule has 3 fully saturated rings. The van der Waals surface area contributed by atoms with E-state index in [-0.39, 0.29) is 0 Å². The van der Waals surface area contributed by atoms with Crippen molar-refractivity contribution in [2.45, 2.75) is 44.7 Å². The van der Waals surface area contributed by atoms with E-state index in [1.54, 1.807) is 0 Å². The summed E-state index contributed by atoms with van der Waals surface area (Å²) in [5, 5.41) is 0. The smallest absolute Gasteiger partial charge is 0.225 e. The molecule has 1 aromatic carbocycles. The molecule has 2 aromatic rings. The van der Waals surface area contributed by atoms with Crippen molar-refractivity contribution in [2.75, 3.05) is 19.6 Å². The van der Waals surface area contributed by atoms with E-state index in [2.05, 4.69) is 36.7 Å². The summed E-state index contributed by atoms with van der Waals surface area (Å²) < 4.78 is 8.67. The standard InChI is InChI=1S/C19H24N4OS/c24-19(14-4-5-14)23-9-7-18-15(12-23)2-1-8-22(18)11-13-3-6-16-17(10-13)21-25-20-16/h3,6,10,14-15,18H,1-2,4-5,7-9,11-12H2/t15-,18+/m1/s1. The maximum absolute atomic E-state index is 12.4. The largest absolute Gasteiger partial charge is 0.342 e. The Morgan fingerprint density at radius 2 is 2.00 bits per heavy atom. The third-order valence-corrected chi connectivity index (χ3v) is 6.68. The Morgan fingerprint density at radius 1 is 1.12 bits per heavy atom. The summed E-state index contributed by atoms with van der Waals surface area (Å²) in [6, 6.07) is 7.10. The van der Waals surface area contributed by atoms with Gasteiger partial charge in [0.15, 0.2) is 0 Å². The summed E-state index contributed by atoms with van der Waals surface area (Å²) in [5.41, 5.74) is 3.34. The lowest BCUT2D eigenvalue weighted by atomic mass is 9.83. The lowest BCUT2D eigenvalue weighted by Crippen LogP contribution is -2.55. The topological polar surface area (TPSA) is 49.3 Å². The summed E-state index contributed by atoms with van der Waals surface area (Å²) in [6.45, 7) is 4.09. The molecule has 1 aromatic heterocycles. The van der Waals surface area contributed by atoms with Crippen LogP contribution in [-0.2, 0) is 11.3 Å². The van der Waals surface area contributed by atoms with Crippen molar-refractivity contribution in [3.8, 4) is 0 Å². The molecule has 5 rings (SSSR count). The average molecular weight is 356 g/mol. The van der Waals surface area contributed by atoms with Crippen molar-refractivity contribution < 1.29 is 4.79 Å². The summed E-state index contributed by atoms with van der Waals surface area (Å²) >= 11 is 1.29. The van der Waals surface area contributed by atoms with Crippen LogP contribution in [0.5, 0.6) is 0 Å². The van der Waals surface area contributed by atoms with E-state index < -0.39 is 0 Å². The van der Waals surface area contributed by atoms with Crippen LogP contribution in [0.2, 0.25) is 0 Å². The summed E-state index contributed by atoms with van der Waals surface area (Å²) in [6.07, 6.45) is 5.87. The van der Waals surface area contributed by atoms with Gasteiger partial charge in [-0.2, -0.15) is 8.75 Å². The first-order valence-electron chi connectivity index (χ1n) is 9.52. The van der Waals surface area contributed by atoms with Gasteiger partial charge in [0, 0.05) is 31.6 Å². The van der Waals surface area contributed by atoms with Crippen molar-refractivity contribution in [3.63, 3.8) is 0 Å². The van der Waals surface area contributed by atoms with Crippen LogP contribution in [0, 0.1) is 11.8 Å². The predicted octanol–water partition coefficient (Wildman–Crippen LogP) is 2.91. The number of aromatic nitrogens is 2. The molecule has 25 heavy (non-hydrogen) atoms. The number of hydrogen-bond acceptors (Lipinski definition) is 5. The maximum Gasteiger partial charge on any atom is 0.225 e. The van der Waals surface area contributed by atoms with Crippen LogP contribution < -0.4 is 0 Å². The number of fused-ring (bicyclic) bond motifs is 2. The molecule has 2 atom stereocenters. The summed E-state index contributed by atoms with van der Waals surface area (Å²) in [5.74, 6) is 1.43. The van der Waals surface area contributed by atoms with Crippen LogP contribution in [0.3, 0.4) is 0 Å². The second-order valence-electron chi connectivity index (χ2n) is 7.87. The molecule has 0 bridgehead atoms. The van der Waals surface area contributed by atoms with Crippen molar-refractivity contribution in [1.82, 2.24) is 18.5 Å². The Balaban J connectivity index is 1.28. The van der Waals surface area contributed by atoms with Crippen molar-refractivity contribution >= 4 is 28.7 Å². The lowest BCUT2D eigenvalue weighted by Gasteiger charge is -2.47. The monoisotopic (exact) mass is 356 g/mol. The van der Waals surface area contributed by atoms with Crippen LogP contribution in [0.15, 0.2) is 18.2 Å². The Kier molecular flexibility index (Phi) is 3.97. The molecule has 0 unspecified atom stereocenters. The highest BCUT2D eigenvalue weighted by Gasteiger charge is 2.40. The molecule has 1 amide bonds. The van der Waals surface area contributed by atoms with Crippen molar-refractivity contribution in [2.24, 2.45) is 11.8 Å². The molecule has 6 heteroatoms. The fourth-order valence-corrected chi connectivity index (χ4v) is 5.17. The van der Waals surface area contributed by atoms with Gasteiger partial charge in [-0.3, -0.25) is 9.69 Å². The van der Waals surface area contributed by atoms with E-state index >= 15 is 0 Å². The van der Waals surface area contributed by atoms with E-state index in [4.69, 9.17) is 0 Å². The molecular weight excluding hydrogens is 332 g/mol. The zero-order valence-corrected chi connectivity index (χ0v) is 15.2. The van der Waals surface area contributed by atoms with E-state index in [0.717, 1.165) is 49.9 Å². The first kappa shape index (κ1) is 15.7. The number of nitrogens with zero attached hydrogens (tertiary/aromatic N) is 4. The molecule has 3 aliphatic rings. The van der Waals surface area contributed by atoms with Crippen LogP contribution in [-0.4, -0.2) is 50.1 Å². The molecular formula is C19H24N4OS. The van der Waals surface area contributed by atoms with Gasteiger partial charge in [-0.25, -0.2) is 0 Å². The first-order chi connectivity index (χ1) is 12.3. The van der Waals surface area contributed by atoms with Crippen molar-refractivity contribution in [3.05, 3.63) is 23.8 Å². The normalized spacial score (nSPS) is 27.4. The number of benzene rings is 1. The zero-order chi connectivity index (χ0) is 16.8. The molecule has 132 valence electrons. The Morgan fingerprint density at radius 3 is 2.88 bits per heavy atom. The van der Waals surface area contributed by atoms with E-state index in [9.17, 15) is 4.79 Å². The quantitative estimate of drug-likeness (QED) is 0.848. The third-order valence-electron chi connectivity index (χ3n) is 6.13. The zero-order valence-electron chi connectivity index (χ0n) is 14.4. The van der Waals surface area contributed by atoms with Gasteiger partial charge < -0.3 is 4.90 Å². The molecule has 0 radical (unpaired) electrons. The molecule has 1 aliphatic carbocycles. The number of carbonyl (C=O) groups excluding carboxylic acids is 1. The minimum Gasteiger partial charge on any atom is -0.342 e.